The quantitative estimate of drug-likeness (QED) is 0.359. The largest absolute Gasteiger partial charge is 0.497 e. The van der Waals surface area contributed by atoms with Crippen molar-refractivity contribution in [1.29, 1.82) is 0 Å². The van der Waals surface area contributed by atoms with Crippen LogP contribution in [-0.2, 0) is 6.54 Å². The minimum absolute atomic E-state index is 0.0462. The van der Waals surface area contributed by atoms with Gasteiger partial charge in [-0.1, -0.05) is 0 Å². The van der Waals surface area contributed by atoms with Crippen molar-refractivity contribution in [3.05, 3.63) is 94.6 Å². The smallest absolute Gasteiger partial charge is 0.270 e. The van der Waals surface area contributed by atoms with Crippen molar-refractivity contribution in [3.63, 3.8) is 0 Å². The van der Waals surface area contributed by atoms with E-state index in [1.807, 2.05) is 12.1 Å². The van der Waals surface area contributed by atoms with E-state index in [0.717, 1.165) is 5.56 Å². The predicted octanol–water partition coefficient (Wildman–Crippen LogP) is 3.98. The summed E-state index contributed by atoms with van der Waals surface area (Å²) in [5.74, 6) is 0.960. The number of aromatic nitrogens is 2. The number of benzene rings is 2. The van der Waals surface area contributed by atoms with Gasteiger partial charge in [0.15, 0.2) is 0 Å². The summed E-state index contributed by atoms with van der Waals surface area (Å²) >= 11 is 0. The lowest BCUT2D eigenvalue weighted by atomic mass is 10.1. The molecule has 2 heterocycles. The van der Waals surface area contributed by atoms with E-state index in [-0.39, 0.29) is 23.8 Å². The lowest BCUT2D eigenvalue weighted by molar-refractivity contribution is -0.384. The van der Waals surface area contributed by atoms with Gasteiger partial charge in [0.2, 0.25) is 0 Å². The number of amides is 1. The van der Waals surface area contributed by atoms with Crippen LogP contribution in [0.4, 0.5) is 5.69 Å². The lowest BCUT2D eigenvalue weighted by Crippen LogP contribution is -2.25. The molecule has 1 amide bonds. The minimum atomic E-state index is -0.480. The third-order valence-electron chi connectivity index (χ3n) is 4.64. The number of hydrogen-bond donors (Lipinski definition) is 1. The Balaban J connectivity index is 1.70. The van der Waals surface area contributed by atoms with E-state index in [2.05, 4.69) is 10.4 Å². The second kappa shape index (κ2) is 8.54. The average molecular weight is 418 g/mol. The van der Waals surface area contributed by atoms with Crippen molar-refractivity contribution in [3.8, 4) is 22.7 Å². The first-order valence-electron chi connectivity index (χ1n) is 9.35. The van der Waals surface area contributed by atoms with E-state index in [4.69, 9.17) is 9.15 Å². The molecular weight excluding hydrogens is 400 g/mol. The van der Waals surface area contributed by atoms with Crippen LogP contribution in [0.25, 0.3) is 16.9 Å². The molecule has 9 nitrogen and oxygen atoms in total. The summed E-state index contributed by atoms with van der Waals surface area (Å²) in [5, 5.41) is 18.3. The van der Waals surface area contributed by atoms with Gasteiger partial charge in [0, 0.05) is 17.7 Å². The number of nitrogens with zero attached hydrogens (tertiary/aromatic N) is 3. The van der Waals surface area contributed by atoms with Crippen molar-refractivity contribution in [2.24, 2.45) is 0 Å². The van der Waals surface area contributed by atoms with Crippen LogP contribution in [0.5, 0.6) is 5.75 Å². The fourth-order valence-corrected chi connectivity index (χ4v) is 3.03. The molecule has 0 radical (unpaired) electrons. The monoisotopic (exact) mass is 418 g/mol. The number of rotatable bonds is 7. The Bertz CT molecular complexity index is 1200. The Morgan fingerprint density at radius 3 is 2.52 bits per heavy atom. The molecule has 0 unspecified atom stereocenters. The van der Waals surface area contributed by atoms with Gasteiger partial charge in [0.25, 0.3) is 11.6 Å². The average Bonchev–Trinajstić information content (AvgIpc) is 3.48. The van der Waals surface area contributed by atoms with Crippen LogP contribution in [0.15, 0.2) is 77.4 Å². The molecule has 0 saturated carbocycles. The number of carbonyl (C=O) groups excluding carboxylic acids is 1. The maximum Gasteiger partial charge on any atom is 0.270 e. The Morgan fingerprint density at radius 2 is 1.90 bits per heavy atom. The van der Waals surface area contributed by atoms with E-state index < -0.39 is 4.92 Å². The zero-order valence-electron chi connectivity index (χ0n) is 16.5. The molecule has 0 saturated heterocycles. The van der Waals surface area contributed by atoms with Gasteiger partial charge >= 0.3 is 0 Å². The molecule has 4 rings (SSSR count). The van der Waals surface area contributed by atoms with Gasteiger partial charge in [0.1, 0.15) is 17.2 Å². The summed E-state index contributed by atoms with van der Waals surface area (Å²) in [7, 11) is 1.58. The summed E-state index contributed by atoms with van der Waals surface area (Å²) in [5.41, 5.74) is 2.13. The molecule has 31 heavy (non-hydrogen) atoms. The fraction of sp³-hybridized carbons (Fsp3) is 0.0909. The number of hydrogen-bond acceptors (Lipinski definition) is 6. The molecule has 0 fully saturated rings. The Morgan fingerprint density at radius 1 is 1.16 bits per heavy atom. The molecule has 0 spiro atoms. The van der Waals surface area contributed by atoms with Crippen LogP contribution in [0.2, 0.25) is 0 Å². The highest BCUT2D eigenvalue weighted by Gasteiger charge is 2.18. The van der Waals surface area contributed by atoms with Crippen LogP contribution in [0.3, 0.4) is 0 Å². The minimum Gasteiger partial charge on any atom is -0.497 e. The van der Waals surface area contributed by atoms with Gasteiger partial charge < -0.3 is 14.5 Å². The van der Waals surface area contributed by atoms with E-state index in [9.17, 15) is 14.9 Å². The van der Waals surface area contributed by atoms with Crippen LogP contribution >= 0.6 is 0 Å². The molecule has 2 aromatic carbocycles. The summed E-state index contributed by atoms with van der Waals surface area (Å²) in [4.78, 5) is 23.4. The second-order valence-electron chi connectivity index (χ2n) is 6.59. The highest BCUT2D eigenvalue weighted by Crippen LogP contribution is 2.25. The Labute approximate surface area is 177 Å². The molecule has 156 valence electrons. The summed E-state index contributed by atoms with van der Waals surface area (Å²) in [6.07, 6.45) is 1.53. The van der Waals surface area contributed by atoms with Crippen molar-refractivity contribution in [2.75, 3.05) is 7.11 Å². The first-order valence-corrected chi connectivity index (χ1v) is 9.35. The molecule has 9 heteroatoms. The maximum atomic E-state index is 12.9. The Kier molecular flexibility index (Phi) is 5.48. The van der Waals surface area contributed by atoms with Crippen molar-refractivity contribution in [2.45, 2.75) is 6.54 Å². The number of non-ortho nitro benzene ring substituents is 1. The molecule has 0 aliphatic heterocycles. The third kappa shape index (κ3) is 4.30. The molecular formula is C22H18N4O5. The number of nitro benzene ring substituents is 1. The summed E-state index contributed by atoms with van der Waals surface area (Å²) in [6.45, 7) is 0.217. The van der Waals surface area contributed by atoms with Crippen LogP contribution in [0, 0.1) is 10.1 Å². The zero-order chi connectivity index (χ0) is 21.8. The highest BCUT2D eigenvalue weighted by molar-refractivity contribution is 5.94. The summed E-state index contributed by atoms with van der Waals surface area (Å²) in [6, 6.07) is 18.3. The SMILES string of the molecule is COc1ccc(-c2cc(C(=O)NCc3ccco3)n(-c3ccc([N+](=O)[O-])cc3)n2)cc1. The van der Waals surface area contributed by atoms with Crippen molar-refractivity contribution < 1.29 is 18.9 Å². The first kappa shape index (κ1) is 19.9. The van der Waals surface area contributed by atoms with Gasteiger partial charge in [-0.2, -0.15) is 5.10 Å². The van der Waals surface area contributed by atoms with Gasteiger partial charge in [-0.3, -0.25) is 14.9 Å². The van der Waals surface area contributed by atoms with E-state index in [0.29, 0.717) is 22.9 Å². The molecule has 2 aromatic heterocycles. The van der Waals surface area contributed by atoms with Crippen molar-refractivity contribution >= 4 is 11.6 Å². The molecule has 0 bridgehead atoms. The number of ether oxygens (including phenoxy) is 1. The van der Waals surface area contributed by atoms with Gasteiger partial charge in [-0.25, -0.2) is 4.68 Å². The van der Waals surface area contributed by atoms with Gasteiger partial charge in [-0.15, -0.1) is 0 Å². The van der Waals surface area contributed by atoms with Crippen molar-refractivity contribution in [1.82, 2.24) is 15.1 Å². The van der Waals surface area contributed by atoms with Gasteiger partial charge in [0.05, 0.1) is 36.2 Å². The number of methoxy groups -OCH3 is 1. The Hall–Kier alpha value is -4.40. The normalized spacial score (nSPS) is 10.6. The lowest BCUT2D eigenvalue weighted by Gasteiger charge is -2.07. The maximum absolute atomic E-state index is 12.9. The van der Waals surface area contributed by atoms with Crippen LogP contribution in [-0.4, -0.2) is 27.7 Å². The van der Waals surface area contributed by atoms with Crippen LogP contribution in [0.1, 0.15) is 16.2 Å². The molecule has 0 atom stereocenters. The first-order chi connectivity index (χ1) is 15.0. The second-order valence-corrected chi connectivity index (χ2v) is 6.59. The fourth-order valence-electron chi connectivity index (χ4n) is 3.03. The third-order valence-corrected chi connectivity index (χ3v) is 4.64. The summed E-state index contributed by atoms with van der Waals surface area (Å²) < 4.78 is 11.9. The molecule has 4 aromatic rings. The molecule has 0 aliphatic rings. The van der Waals surface area contributed by atoms with Gasteiger partial charge in [-0.05, 0) is 54.6 Å². The highest BCUT2D eigenvalue weighted by atomic mass is 16.6. The topological polar surface area (TPSA) is 112 Å². The number of nitro groups is 1. The number of nitrogens with one attached hydrogen (secondary N) is 1. The van der Waals surface area contributed by atoms with E-state index >= 15 is 0 Å². The van der Waals surface area contributed by atoms with Crippen LogP contribution < -0.4 is 10.1 Å². The number of furan rings is 1. The molecule has 1 N–H and O–H groups in total. The zero-order valence-corrected chi connectivity index (χ0v) is 16.5. The predicted molar refractivity (Wildman–Crippen MR) is 112 cm³/mol. The standard InChI is InChI=1S/C22H18N4O5/c1-30-18-10-4-15(5-11-18)20-13-21(22(27)23-14-19-3-2-12-31-19)25(24-20)16-6-8-17(9-7-16)26(28)29/h2-13H,14H2,1H3,(H,23,27). The van der Waals surface area contributed by atoms with E-state index in [1.54, 1.807) is 49.6 Å². The van der Waals surface area contributed by atoms with E-state index in [1.165, 1.54) is 23.1 Å². The molecule has 0 aliphatic carbocycles. The number of carbonyl (C=O) groups is 1.